The van der Waals surface area contributed by atoms with E-state index in [1.807, 2.05) is 0 Å². The first kappa shape index (κ1) is 14.4. The van der Waals surface area contributed by atoms with Gasteiger partial charge < -0.3 is 16.0 Å². The smallest absolute Gasteiger partial charge is 0.318 e. The van der Waals surface area contributed by atoms with E-state index in [0.717, 1.165) is 12.3 Å². The quantitative estimate of drug-likeness (QED) is 0.757. The van der Waals surface area contributed by atoms with Gasteiger partial charge in [0.05, 0.1) is 5.56 Å². The lowest BCUT2D eigenvalue weighted by Gasteiger charge is -2.07. The zero-order valence-electron chi connectivity index (χ0n) is 11.2. The summed E-state index contributed by atoms with van der Waals surface area (Å²) >= 11 is 0. The van der Waals surface area contributed by atoms with Gasteiger partial charge in [0.25, 0.3) is 5.91 Å². The Morgan fingerprint density at radius 2 is 1.62 bits per heavy atom. The fourth-order valence-electron chi connectivity index (χ4n) is 1.54. The molecular weight excluding hydrogens is 275 g/mol. The molecule has 3 N–H and O–H groups in total. The molecule has 0 radical (unpaired) electrons. The predicted molar refractivity (Wildman–Crippen MR) is 76.7 cm³/mol. The molecule has 7 heteroatoms. The van der Waals surface area contributed by atoms with Gasteiger partial charge in [-0.3, -0.25) is 4.79 Å². The molecule has 21 heavy (non-hydrogen) atoms. The second-order valence-corrected chi connectivity index (χ2v) is 4.11. The van der Waals surface area contributed by atoms with Crippen LogP contribution in [0, 0.1) is 5.95 Å². The Hall–Kier alpha value is -2.96. The third-order valence-electron chi connectivity index (χ3n) is 2.62. The molecule has 6 nitrogen and oxygen atoms in total. The standard InChI is InChI=1S/C14H13FN4O2/c1-16-14(21)19-11-5-3-10(4-6-11)18-13(20)9-2-7-12(15)17-8-9/h2-8H,1H3,(H,18,20)(H2,16,19,21). The zero-order chi connectivity index (χ0) is 15.2. The van der Waals surface area contributed by atoms with Crippen molar-refractivity contribution in [2.45, 2.75) is 0 Å². The third kappa shape index (κ3) is 4.00. The molecule has 2 rings (SSSR count). The zero-order valence-corrected chi connectivity index (χ0v) is 11.2. The number of aromatic nitrogens is 1. The summed E-state index contributed by atoms with van der Waals surface area (Å²) in [6, 6.07) is 8.70. The number of amides is 3. The van der Waals surface area contributed by atoms with E-state index in [1.54, 1.807) is 24.3 Å². The predicted octanol–water partition coefficient (Wildman–Crippen LogP) is 2.22. The number of pyridine rings is 1. The Morgan fingerprint density at radius 3 is 2.14 bits per heavy atom. The molecule has 0 unspecified atom stereocenters. The number of urea groups is 1. The lowest BCUT2D eigenvalue weighted by atomic mass is 10.2. The summed E-state index contributed by atoms with van der Waals surface area (Å²) in [5, 5.41) is 7.67. The van der Waals surface area contributed by atoms with Crippen LogP contribution in [0.1, 0.15) is 10.4 Å². The highest BCUT2D eigenvalue weighted by Gasteiger charge is 2.07. The normalized spacial score (nSPS) is 9.81. The Kier molecular flexibility index (Phi) is 4.45. The molecule has 0 spiro atoms. The highest BCUT2D eigenvalue weighted by molar-refractivity contribution is 6.04. The summed E-state index contributed by atoms with van der Waals surface area (Å²) in [5.74, 6) is -1.04. The summed E-state index contributed by atoms with van der Waals surface area (Å²) in [6.45, 7) is 0. The molecule has 0 aliphatic carbocycles. The summed E-state index contributed by atoms with van der Waals surface area (Å²) < 4.78 is 12.7. The SMILES string of the molecule is CNC(=O)Nc1ccc(NC(=O)c2ccc(F)nc2)cc1. The number of hydrogen-bond acceptors (Lipinski definition) is 3. The van der Waals surface area contributed by atoms with Crippen molar-refractivity contribution in [2.75, 3.05) is 17.7 Å². The van der Waals surface area contributed by atoms with E-state index in [1.165, 1.54) is 13.1 Å². The first-order chi connectivity index (χ1) is 10.1. The number of carbonyl (C=O) groups excluding carboxylic acids is 2. The maximum absolute atomic E-state index is 12.7. The largest absolute Gasteiger partial charge is 0.341 e. The van der Waals surface area contributed by atoms with Gasteiger partial charge in [0.1, 0.15) is 0 Å². The first-order valence-electron chi connectivity index (χ1n) is 6.10. The lowest BCUT2D eigenvalue weighted by Crippen LogP contribution is -2.24. The van der Waals surface area contributed by atoms with E-state index < -0.39 is 11.9 Å². The summed E-state index contributed by atoms with van der Waals surface area (Å²) in [7, 11) is 1.51. The van der Waals surface area contributed by atoms with Crippen LogP contribution in [0.3, 0.4) is 0 Å². The fourth-order valence-corrected chi connectivity index (χ4v) is 1.54. The number of hydrogen-bond donors (Lipinski definition) is 3. The van der Waals surface area contributed by atoms with Gasteiger partial charge in [-0.05, 0) is 36.4 Å². The molecule has 2 aromatic rings. The molecule has 0 atom stereocenters. The van der Waals surface area contributed by atoms with Crippen LogP contribution in [0.15, 0.2) is 42.6 Å². The summed E-state index contributed by atoms with van der Waals surface area (Å²) in [5.41, 5.74) is 1.39. The third-order valence-corrected chi connectivity index (χ3v) is 2.62. The van der Waals surface area contributed by atoms with E-state index >= 15 is 0 Å². The molecule has 1 aromatic heterocycles. The number of anilines is 2. The van der Waals surface area contributed by atoms with Crippen LogP contribution in [-0.4, -0.2) is 24.0 Å². The van der Waals surface area contributed by atoms with Crippen LogP contribution in [0.5, 0.6) is 0 Å². The van der Waals surface area contributed by atoms with E-state index in [-0.39, 0.29) is 11.6 Å². The van der Waals surface area contributed by atoms with Crippen LogP contribution >= 0.6 is 0 Å². The number of halogens is 1. The Balaban J connectivity index is 2.01. The molecule has 0 aliphatic heterocycles. The van der Waals surface area contributed by atoms with E-state index in [4.69, 9.17) is 0 Å². The monoisotopic (exact) mass is 288 g/mol. The van der Waals surface area contributed by atoms with Crippen molar-refractivity contribution in [1.82, 2.24) is 10.3 Å². The number of nitrogens with zero attached hydrogens (tertiary/aromatic N) is 1. The van der Waals surface area contributed by atoms with Gasteiger partial charge in [0.15, 0.2) is 0 Å². The average molecular weight is 288 g/mol. The average Bonchev–Trinajstić information content (AvgIpc) is 2.49. The van der Waals surface area contributed by atoms with Crippen molar-refractivity contribution in [1.29, 1.82) is 0 Å². The molecule has 0 saturated heterocycles. The van der Waals surface area contributed by atoms with Crippen molar-refractivity contribution in [3.63, 3.8) is 0 Å². The minimum Gasteiger partial charge on any atom is -0.341 e. The molecule has 1 heterocycles. The minimum absolute atomic E-state index is 0.254. The molecule has 108 valence electrons. The van der Waals surface area contributed by atoms with Gasteiger partial charge in [0, 0.05) is 24.6 Å². The fraction of sp³-hybridized carbons (Fsp3) is 0.0714. The lowest BCUT2D eigenvalue weighted by molar-refractivity contribution is 0.102. The van der Waals surface area contributed by atoms with E-state index in [9.17, 15) is 14.0 Å². The molecular formula is C14H13FN4O2. The second-order valence-electron chi connectivity index (χ2n) is 4.11. The van der Waals surface area contributed by atoms with Crippen molar-refractivity contribution >= 4 is 23.3 Å². The number of rotatable bonds is 3. The van der Waals surface area contributed by atoms with Gasteiger partial charge in [-0.15, -0.1) is 0 Å². The maximum Gasteiger partial charge on any atom is 0.318 e. The van der Waals surface area contributed by atoms with Gasteiger partial charge >= 0.3 is 6.03 Å². The minimum atomic E-state index is -0.642. The van der Waals surface area contributed by atoms with Gasteiger partial charge in [-0.2, -0.15) is 4.39 Å². The first-order valence-corrected chi connectivity index (χ1v) is 6.10. The number of benzene rings is 1. The van der Waals surface area contributed by atoms with Gasteiger partial charge in [-0.25, -0.2) is 9.78 Å². The molecule has 3 amide bonds. The topological polar surface area (TPSA) is 83.1 Å². The molecule has 1 aromatic carbocycles. The van der Waals surface area contributed by atoms with E-state index in [0.29, 0.717) is 11.4 Å². The highest BCUT2D eigenvalue weighted by Crippen LogP contribution is 2.14. The van der Waals surface area contributed by atoms with Crippen LogP contribution < -0.4 is 16.0 Å². The van der Waals surface area contributed by atoms with Crippen LogP contribution in [0.4, 0.5) is 20.6 Å². The van der Waals surface area contributed by atoms with Gasteiger partial charge in [0.2, 0.25) is 5.95 Å². The van der Waals surface area contributed by atoms with Crippen molar-refractivity contribution in [3.05, 3.63) is 54.1 Å². The van der Waals surface area contributed by atoms with Gasteiger partial charge in [-0.1, -0.05) is 0 Å². The number of nitrogens with one attached hydrogen (secondary N) is 3. The highest BCUT2D eigenvalue weighted by atomic mass is 19.1. The Morgan fingerprint density at radius 1 is 1.00 bits per heavy atom. The van der Waals surface area contributed by atoms with Crippen molar-refractivity contribution < 1.29 is 14.0 Å². The molecule has 0 bridgehead atoms. The van der Waals surface area contributed by atoms with Crippen LogP contribution in [0.25, 0.3) is 0 Å². The van der Waals surface area contributed by atoms with Crippen LogP contribution in [-0.2, 0) is 0 Å². The Labute approximate surface area is 120 Å². The maximum atomic E-state index is 12.7. The van der Waals surface area contributed by atoms with E-state index in [2.05, 4.69) is 20.9 Å². The van der Waals surface area contributed by atoms with Crippen molar-refractivity contribution in [2.24, 2.45) is 0 Å². The number of carbonyl (C=O) groups is 2. The molecule has 0 aliphatic rings. The van der Waals surface area contributed by atoms with Crippen LogP contribution in [0.2, 0.25) is 0 Å². The molecule has 0 saturated carbocycles. The second kappa shape index (κ2) is 6.47. The van der Waals surface area contributed by atoms with Crippen molar-refractivity contribution in [3.8, 4) is 0 Å². The summed E-state index contributed by atoms with van der Waals surface area (Å²) in [6.07, 6.45) is 1.16. The molecule has 0 fully saturated rings. The summed E-state index contributed by atoms with van der Waals surface area (Å²) in [4.78, 5) is 26.4. The Bertz CT molecular complexity index is 641.